The van der Waals surface area contributed by atoms with Crippen LogP contribution in [0.2, 0.25) is 0 Å². The Hall–Kier alpha value is -1.04. The highest BCUT2D eigenvalue weighted by atomic mass is 32.2. The van der Waals surface area contributed by atoms with Crippen LogP contribution in [0.5, 0.6) is 0 Å². The maximum atomic E-state index is 11.6. The van der Waals surface area contributed by atoms with Gasteiger partial charge in [-0.15, -0.1) is 5.10 Å². The van der Waals surface area contributed by atoms with Gasteiger partial charge in [-0.3, -0.25) is 9.89 Å². The number of thioether (sulfide) groups is 1. The van der Waals surface area contributed by atoms with E-state index in [1.807, 2.05) is 6.26 Å². The predicted molar refractivity (Wildman–Crippen MR) is 65.7 cm³/mol. The van der Waals surface area contributed by atoms with E-state index in [-0.39, 0.29) is 11.7 Å². The minimum atomic E-state index is -0.209. The number of rotatable bonds is 6. The Morgan fingerprint density at radius 3 is 3.00 bits per heavy atom. The number of aromatic nitrogens is 3. The van der Waals surface area contributed by atoms with E-state index >= 15 is 0 Å². The zero-order chi connectivity index (χ0) is 12.0. The maximum Gasteiger partial charge on any atom is 0.290 e. The van der Waals surface area contributed by atoms with E-state index in [1.54, 1.807) is 11.8 Å². The van der Waals surface area contributed by atoms with Crippen LogP contribution >= 0.6 is 11.8 Å². The first-order chi connectivity index (χ1) is 7.67. The average Bonchev–Trinajstić information content (AvgIpc) is 2.74. The van der Waals surface area contributed by atoms with Gasteiger partial charge < -0.3 is 5.32 Å². The predicted octanol–water partition coefficient (Wildman–Crippen LogP) is 1.24. The molecule has 0 fully saturated rings. The van der Waals surface area contributed by atoms with Crippen LogP contribution in [-0.2, 0) is 6.42 Å². The molecular weight excluding hydrogens is 224 g/mol. The molecule has 1 aromatic heterocycles. The summed E-state index contributed by atoms with van der Waals surface area (Å²) in [5, 5.41) is 9.85. The number of aryl methyl sites for hydroxylation is 1. The average molecular weight is 242 g/mol. The van der Waals surface area contributed by atoms with Crippen molar-refractivity contribution < 1.29 is 4.79 Å². The highest BCUT2D eigenvalue weighted by molar-refractivity contribution is 7.99. The third kappa shape index (κ3) is 3.84. The molecule has 5 nitrogen and oxygen atoms in total. The van der Waals surface area contributed by atoms with Crippen LogP contribution in [-0.4, -0.2) is 39.1 Å². The van der Waals surface area contributed by atoms with Gasteiger partial charge in [0.05, 0.1) is 0 Å². The molecule has 0 saturated carbocycles. The molecule has 0 saturated heterocycles. The van der Waals surface area contributed by atoms with E-state index in [4.69, 9.17) is 0 Å². The SMILES string of the molecule is CCCc1nc(C(=O)NCC(C)SC)n[nH]1. The molecular formula is C10H18N4OS. The fourth-order valence-electron chi connectivity index (χ4n) is 1.14. The number of aromatic amines is 1. The van der Waals surface area contributed by atoms with E-state index in [0.29, 0.717) is 11.8 Å². The molecule has 1 heterocycles. The van der Waals surface area contributed by atoms with Crippen molar-refractivity contribution in [3.63, 3.8) is 0 Å². The number of carbonyl (C=O) groups excluding carboxylic acids is 1. The Morgan fingerprint density at radius 2 is 2.38 bits per heavy atom. The van der Waals surface area contributed by atoms with Crippen molar-refractivity contribution in [3.05, 3.63) is 11.6 Å². The summed E-state index contributed by atoms with van der Waals surface area (Å²) in [7, 11) is 0. The summed E-state index contributed by atoms with van der Waals surface area (Å²) in [6.45, 7) is 4.76. The van der Waals surface area contributed by atoms with Crippen molar-refractivity contribution in [1.82, 2.24) is 20.5 Å². The summed E-state index contributed by atoms with van der Waals surface area (Å²) >= 11 is 1.71. The van der Waals surface area contributed by atoms with Crippen molar-refractivity contribution >= 4 is 17.7 Å². The Bertz CT molecular complexity index is 339. The standard InChI is InChI=1S/C10H18N4OS/c1-4-5-8-12-9(14-13-8)10(15)11-6-7(2)16-3/h7H,4-6H2,1-3H3,(H,11,15)(H,12,13,14). The third-order valence-electron chi connectivity index (χ3n) is 2.17. The maximum absolute atomic E-state index is 11.6. The van der Waals surface area contributed by atoms with Gasteiger partial charge in [0.2, 0.25) is 5.82 Å². The molecule has 90 valence electrons. The fraction of sp³-hybridized carbons (Fsp3) is 0.700. The molecule has 0 aliphatic heterocycles. The Balaban J connectivity index is 2.46. The lowest BCUT2D eigenvalue weighted by Gasteiger charge is -2.07. The Kier molecular flexibility index (Phi) is 5.31. The summed E-state index contributed by atoms with van der Waals surface area (Å²) in [5.41, 5.74) is 0. The highest BCUT2D eigenvalue weighted by Gasteiger charge is 2.12. The molecule has 0 aliphatic carbocycles. The summed E-state index contributed by atoms with van der Waals surface area (Å²) in [4.78, 5) is 15.7. The van der Waals surface area contributed by atoms with Crippen molar-refractivity contribution in [3.8, 4) is 0 Å². The second kappa shape index (κ2) is 6.52. The van der Waals surface area contributed by atoms with Crippen LogP contribution in [0.1, 0.15) is 36.7 Å². The van der Waals surface area contributed by atoms with Crippen LogP contribution in [0, 0.1) is 0 Å². The topological polar surface area (TPSA) is 70.7 Å². The summed E-state index contributed by atoms with van der Waals surface area (Å²) in [6, 6.07) is 0. The van der Waals surface area contributed by atoms with Crippen LogP contribution in [0.25, 0.3) is 0 Å². The minimum Gasteiger partial charge on any atom is -0.348 e. The van der Waals surface area contributed by atoms with Crippen LogP contribution in [0.15, 0.2) is 0 Å². The van der Waals surface area contributed by atoms with Crippen molar-refractivity contribution in [2.24, 2.45) is 0 Å². The van der Waals surface area contributed by atoms with Gasteiger partial charge >= 0.3 is 0 Å². The Labute approximate surface area is 99.8 Å². The van der Waals surface area contributed by atoms with Crippen molar-refractivity contribution in [2.45, 2.75) is 31.9 Å². The zero-order valence-corrected chi connectivity index (χ0v) is 10.7. The van der Waals surface area contributed by atoms with Gasteiger partial charge in [-0.05, 0) is 12.7 Å². The number of hydrogen-bond acceptors (Lipinski definition) is 4. The van der Waals surface area contributed by atoms with Crippen molar-refractivity contribution in [2.75, 3.05) is 12.8 Å². The summed E-state index contributed by atoms with van der Waals surface area (Å²) < 4.78 is 0. The molecule has 1 atom stereocenters. The van der Waals surface area contributed by atoms with E-state index in [0.717, 1.165) is 18.7 Å². The van der Waals surface area contributed by atoms with E-state index < -0.39 is 0 Å². The van der Waals surface area contributed by atoms with E-state index in [2.05, 4.69) is 34.3 Å². The van der Waals surface area contributed by atoms with Gasteiger partial charge in [0, 0.05) is 18.2 Å². The number of hydrogen-bond donors (Lipinski definition) is 2. The first-order valence-corrected chi connectivity index (χ1v) is 6.68. The van der Waals surface area contributed by atoms with Crippen LogP contribution in [0.3, 0.4) is 0 Å². The van der Waals surface area contributed by atoms with Crippen LogP contribution in [0.4, 0.5) is 0 Å². The van der Waals surface area contributed by atoms with Gasteiger partial charge in [-0.25, -0.2) is 4.98 Å². The van der Waals surface area contributed by atoms with E-state index in [9.17, 15) is 4.79 Å². The number of carbonyl (C=O) groups is 1. The first kappa shape index (κ1) is 13.0. The lowest BCUT2D eigenvalue weighted by atomic mass is 10.3. The van der Waals surface area contributed by atoms with Gasteiger partial charge in [0.25, 0.3) is 5.91 Å². The highest BCUT2D eigenvalue weighted by Crippen LogP contribution is 2.03. The summed E-state index contributed by atoms with van der Waals surface area (Å²) in [6.07, 6.45) is 3.82. The summed E-state index contributed by atoms with van der Waals surface area (Å²) in [5.74, 6) is 0.793. The second-order valence-corrected chi connectivity index (χ2v) is 4.89. The molecule has 0 spiro atoms. The Morgan fingerprint density at radius 1 is 1.62 bits per heavy atom. The molecule has 1 rings (SSSR count). The molecule has 0 aromatic carbocycles. The number of amides is 1. The molecule has 1 amide bonds. The smallest absolute Gasteiger partial charge is 0.290 e. The lowest BCUT2D eigenvalue weighted by Crippen LogP contribution is -2.30. The fourth-order valence-corrected chi connectivity index (χ4v) is 1.39. The van der Waals surface area contributed by atoms with Gasteiger partial charge in [-0.1, -0.05) is 13.8 Å². The second-order valence-electron chi connectivity index (χ2n) is 3.61. The molecule has 0 aliphatic rings. The molecule has 16 heavy (non-hydrogen) atoms. The number of nitrogens with one attached hydrogen (secondary N) is 2. The zero-order valence-electron chi connectivity index (χ0n) is 9.91. The monoisotopic (exact) mass is 242 g/mol. The quantitative estimate of drug-likeness (QED) is 0.787. The lowest BCUT2D eigenvalue weighted by molar-refractivity contribution is 0.0944. The first-order valence-electron chi connectivity index (χ1n) is 5.39. The van der Waals surface area contributed by atoms with Crippen LogP contribution < -0.4 is 5.32 Å². The molecule has 0 bridgehead atoms. The third-order valence-corrected chi connectivity index (χ3v) is 3.15. The van der Waals surface area contributed by atoms with Gasteiger partial charge in [-0.2, -0.15) is 11.8 Å². The minimum absolute atomic E-state index is 0.209. The molecule has 1 aromatic rings. The normalized spacial score (nSPS) is 12.4. The number of H-pyrrole nitrogens is 1. The van der Waals surface area contributed by atoms with Gasteiger partial charge in [0.15, 0.2) is 0 Å². The molecule has 1 unspecified atom stereocenters. The van der Waals surface area contributed by atoms with E-state index in [1.165, 1.54) is 0 Å². The molecule has 6 heteroatoms. The van der Waals surface area contributed by atoms with Gasteiger partial charge in [0.1, 0.15) is 5.82 Å². The van der Waals surface area contributed by atoms with Crippen molar-refractivity contribution in [1.29, 1.82) is 0 Å². The molecule has 2 N–H and O–H groups in total. The molecule has 0 radical (unpaired) electrons. The largest absolute Gasteiger partial charge is 0.348 e. The number of nitrogens with zero attached hydrogens (tertiary/aromatic N) is 2.